The highest BCUT2D eigenvalue weighted by atomic mass is 15.0. The fourth-order valence-corrected chi connectivity index (χ4v) is 1.42. The summed E-state index contributed by atoms with van der Waals surface area (Å²) in [6.45, 7) is 6.27. The van der Waals surface area contributed by atoms with E-state index < -0.39 is 0 Å². The number of imidazole rings is 1. The SMILES string of the molecule is CCc1nc(C(C)C)nc2[nH]cnc12. The Labute approximate surface area is 82.8 Å². The lowest BCUT2D eigenvalue weighted by Crippen LogP contribution is -2.01. The van der Waals surface area contributed by atoms with Gasteiger partial charge in [0, 0.05) is 5.92 Å². The molecule has 14 heavy (non-hydrogen) atoms. The van der Waals surface area contributed by atoms with Gasteiger partial charge < -0.3 is 4.98 Å². The molecule has 2 heterocycles. The van der Waals surface area contributed by atoms with Gasteiger partial charge in [-0.05, 0) is 6.42 Å². The van der Waals surface area contributed by atoms with Crippen LogP contribution >= 0.6 is 0 Å². The number of hydrogen-bond acceptors (Lipinski definition) is 3. The zero-order valence-electron chi connectivity index (χ0n) is 8.70. The van der Waals surface area contributed by atoms with Crippen molar-refractivity contribution >= 4 is 11.2 Å². The second kappa shape index (κ2) is 3.36. The first-order valence-corrected chi connectivity index (χ1v) is 4.92. The number of nitrogens with zero attached hydrogens (tertiary/aromatic N) is 3. The van der Waals surface area contributed by atoms with Gasteiger partial charge in [0.1, 0.15) is 11.3 Å². The average Bonchev–Trinajstić information content (AvgIpc) is 2.63. The van der Waals surface area contributed by atoms with Crippen molar-refractivity contribution in [3.8, 4) is 0 Å². The molecule has 1 N–H and O–H groups in total. The van der Waals surface area contributed by atoms with Crippen LogP contribution in [0.1, 0.15) is 38.2 Å². The molecule has 0 atom stereocenters. The van der Waals surface area contributed by atoms with Crippen molar-refractivity contribution in [2.75, 3.05) is 0 Å². The molecule has 0 bridgehead atoms. The first-order chi connectivity index (χ1) is 6.72. The minimum Gasteiger partial charge on any atom is -0.329 e. The summed E-state index contributed by atoms with van der Waals surface area (Å²) in [7, 11) is 0. The molecule has 0 spiro atoms. The van der Waals surface area contributed by atoms with E-state index in [9.17, 15) is 0 Å². The van der Waals surface area contributed by atoms with E-state index in [2.05, 4.69) is 40.7 Å². The number of fused-ring (bicyclic) bond motifs is 1. The van der Waals surface area contributed by atoms with Crippen LogP contribution in [0, 0.1) is 0 Å². The van der Waals surface area contributed by atoms with E-state index in [1.165, 1.54) is 0 Å². The minimum absolute atomic E-state index is 0.355. The summed E-state index contributed by atoms with van der Waals surface area (Å²) in [6.07, 6.45) is 2.56. The molecule has 0 radical (unpaired) electrons. The predicted octanol–water partition coefficient (Wildman–Crippen LogP) is 2.04. The van der Waals surface area contributed by atoms with E-state index in [1.54, 1.807) is 6.33 Å². The molecule has 0 unspecified atom stereocenters. The number of aromatic amines is 1. The highest BCUT2D eigenvalue weighted by Crippen LogP contribution is 2.16. The molecule has 2 aromatic rings. The fourth-order valence-electron chi connectivity index (χ4n) is 1.42. The molecule has 4 nitrogen and oxygen atoms in total. The lowest BCUT2D eigenvalue weighted by Gasteiger charge is -2.05. The molecular weight excluding hydrogens is 176 g/mol. The Morgan fingerprint density at radius 1 is 1.36 bits per heavy atom. The second-order valence-corrected chi connectivity index (χ2v) is 3.64. The van der Waals surface area contributed by atoms with Gasteiger partial charge in [0.2, 0.25) is 0 Å². The van der Waals surface area contributed by atoms with Crippen molar-refractivity contribution in [3.63, 3.8) is 0 Å². The molecule has 74 valence electrons. The molecule has 2 rings (SSSR count). The maximum absolute atomic E-state index is 4.50. The van der Waals surface area contributed by atoms with Crippen LogP contribution in [0.4, 0.5) is 0 Å². The van der Waals surface area contributed by atoms with Gasteiger partial charge in [0.15, 0.2) is 5.65 Å². The molecule has 0 aromatic carbocycles. The van der Waals surface area contributed by atoms with E-state index in [0.29, 0.717) is 5.92 Å². The third kappa shape index (κ3) is 1.36. The third-order valence-corrected chi connectivity index (χ3v) is 2.22. The molecule has 0 saturated heterocycles. The van der Waals surface area contributed by atoms with Crippen molar-refractivity contribution < 1.29 is 0 Å². The average molecular weight is 190 g/mol. The van der Waals surface area contributed by atoms with Crippen LogP contribution < -0.4 is 0 Å². The Hall–Kier alpha value is -1.45. The number of nitrogens with one attached hydrogen (secondary N) is 1. The second-order valence-electron chi connectivity index (χ2n) is 3.64. The topological polar surface area (TPSA) is 54.5 Å². The molecule has 0 saturated carbocycles. The van der Waals surface area contributed by atoms with Gasteiger partial charge in [0.25, 0.3) is 0 Å². The first kappa shape index (κ1) is 9.12. The lowest BCUT2D eigenvalue weighted by atomic mass is 10.2. The largest absolute Gasteiger partial charge is 0.329 e. The lowest BCUT2D eigenvalue weighted by molar-refractivity contribution is 0.768. The van der Waals surface area contributed by atoms with Crippen LogP contribution in [0.5, 0.6) is 0 Å². The molecule has 2 aromatic heterocycles. The first-order valence-electron chi connectivity index (χ1n) is 4.92. The molecule has 0 fully saturated rings. The third-order valence-electron chi connectivity index (χ3n) is 2.22. The Kier molecular flexibility index (Phi) is 2.19. The summed E-state index contributed by atoms with van der Waals surface area (Å²) < 4.78 is 0. The van der Waals surface area contributed by atoms with Crippen molar-refractivity contribution in [1.82, 2.24) is 19.9 Å². The standard InChI is InChI=1S/C10H14N4/c1-4-7-8-10(12-5-11-8)14-9(13-7)6(2)3/h5-6H,4H2,1-3H3,(H,11,12,13,14). The van der Waals surface area contributed by atoms with Gasteiger partial charge in [0.05, 0.1) is 12.0 Å². The van der Waals surface area contributed by atoms with Crippen molar-refractivity contribution in [1.29, 1.82) is 0 Å². The van der Waals surface area contributed by atoms with E-state index in [0.717, 1.165) is 29.1 Å². The van der Waals surface area contributed by atoms with Gasteiger partial charge in [-0.2, -0.15) is 0 Å². The summed E-state index contributed by atoms with van der Waals surface area (Å²) in [6, 6.07) is 0. The predicted molar refractivity (Wildman–Crippen MR) is 55.2 cm³/mol. The maximum atomic E-state index is 4.50. The Balaban J connectivity index is 2.67. The number of hydrogen-bond donors (Lipinski definition) is 1. The van der Waals surface area contributed by atoms with Crippen molar-refractivity contribution in [3.05, 3.63) is 17.8 Å². The number of aryl methyl sites for hydroxylation is 1. The normalized spacial score (nSPS) is 11.4. The highest BCUT2D eigenvalue weighted by molar-refractivity contribution is 5.72. The molecular formula is C10H14N4. The van der Waals surface area contributed by atoms with Crippen LogP contribution in [0.15, 0.2) is 6.33 Å². The summed E-state index contributed by atoms with van der Waals surface area (Å²) in [5.41, 5.74) is 2.78. The molecule has 0 aliphatic rings. The zero-order valence-corrected chi connectivity index (χ0v) is 8.70. The summed E-state index contributed by atoms with van der Waals surface area (Å²) in [5, 5.41) is 0. The molecule has 4 heteroatoms. The Morgan fingerprint density at radius 3 is 2.79 bits per heavy atom. The summed E-state index contributed by atoms with van der Waals surface area (Å²) in [4.78, 5) is 16.1. The van der Waals surface area contributed by atoms with Gasteiger partial charge in [-0.15, -0.1) is 0 Å². The van der Waals surface area contributed by atoms with E-state index >= 15 is 0 Å². The van der Waals surface area contributed by atoms with Crippen LogP contribution in [0.25, 0.3) is 11.2 Å². The van der Waals surface area contributed by atoms with Gasteiger partial charge in [-0.1, -0.05) is 20.8 Å². The van der Waals surface area contributed by atoms with Crippen LogP contribution in [-0.4, -0.2) is 19.9 Å². The van der Waals surface area contributed by atoms with Crippen molar-refractivity contribution in [2.24, 2.45) is 0 Å². The zero-order chi connectivity index (χ0) is 10.1. The van der Waals surface area contributed by atoms with E-state index in [4.69, 9.17) is 0 Å². The molecule has 0 aliphatic heterocycles. The number of H-pyrrole nitrogens is 1. The van der Waals surface area contributed by atoms with E-state index in [1.807, 2.05) is 0 Å². The van der Waals surface area contributed by atoms with Gasteiger partial charge in [-0.3, -0.25) is 0 Å². The quantitative estimate of drug-likeness (QED) is 0.788. The van der Waals surface area contributed by atoms with Gasteiger partial charge >= 0.3 is 0 Å². The molecule has 0 aliphatic carbocycles. The van der Waals surface area contributed by atoms with Crippen LogP contribution in [0.3, 0.4) is 0 Å². The fraction of sp³-hybridized carbons (Fsp3) is 0.500. The van der Waals surface area contributed by atoms with E-state index in [-0.39, 0.29) is 0 Å². The van der Waals surface area contributed by atoms with Gasteiger partial charge in [-0.25, -0.2) is 15.0 Å². The molecule has 0 amide bonds. The Morgan fingerprint density at radius 2 is 2.14 bits per heavy atom. The monoisotopic (exact) mass is 190 g/mol. The van der Waals surface area contributed by atoms with Crippen LogP contribution in [-0.2, 0) is 6.42 Å². The smallest absolute Gasteiger partial charge is 0.161 e. The summed E-state index contributed by atoms with van der Waals surface area (Å²) >= 11 is 0. The maximum Gasteiger partial charge on any atom is 0.161 e. The van der Waals surface area contributed by atoms with Crippen LogP contribution in [0.2, 0.25) is 0 Å². The highest BCUT2D eigenvalue weighted by Gasteiger charge is 2.10. The summed E-state index contributed by atoms with van der Waals surface area (Å²) in [5.74, 6) is 1.24. The minimum atomic E-state index is 0.355. The Bertz CT molecular complexity index is 444. The number of aromatic nitrogens is 4. The number of rotatable bonds is 2. The van der Waals surface area contributed by atoms with Crippen molar-refractivity contribution in [2.45, 2.75) is 33.1 Å².